The number of carbonyl (C=O) groups excluding carboxylic acids is 2. The lowest BCUT2D eigenvalue weighted by atomic mass is 10.0. The Labute approximate surface area is 173 Å². The molecule has 0 heterocycles. The third-order valence-corrected chi connectivity index (χ3v) is 4.63. The number of hydrogen-bond acceptors (Lipinski definition) is 3. The fourth-order valence-corrected chi connectivity index (χ4v) is 2.88. The van der Waals surface area contributed by atoms with Gasteiger partial charge in [-0.05, 0) is 48.4 Å². The fraction of sp³-hybridized carbons (Fsp3) is 0.0909. The van der Waals surface area contributed by atoms with Crippen LogP contribution in [0.2, 0.25) is 10.0 Å². The SMILES string of the molecule is C[C@@H](OC(=O)c1ccc(-c2ccccc2)cc1)C(=O)Nc1cc(Cl)ccc1Cl. The summed E-state index contributed by atoms with van der Waals surface area (Å²) in [5.41, 5.74) is 2.75. The van der Waals surface area contributed by atoms with Gasteiger partial charge in [-0.1, -0.05) is 65.7 Å². The standard InChI is InChI=1S/C22H17Cl2NO3/c1-14(21(26)25-20-13-18(23)11-12-19(20)24)28-22(27)17-9-7-16(8-10-17)15-5-3-2-4-6-15/h2-14H,1H3,(H,25,26)/t14-/m1/s1. The second kappa shape index (κ2) is 8.91. The van der Waals surface area contributed by atoms with E-state index in [0.29, 0.717) is 21.3 Å². The lowest BCUT2D eigenvalue weighted by Crippen LogP contribution is -2.30. The van der Waals surface area contributed by atoms with Gasteiger partial charge in [0.05, 0.1) is 16.3 Å². The molecule has 0 aliphatic carbocycles. The number of esters is 1. The summed E-state index contributed by atoms with van der Waals surface area (Å²) in [6.07, 6.45) is -1.00. The van der Waals surface area contributed by atoms with Crippen molar-refractivity contribution in [3.63, 3.8) is 0 Å². The highest BCUT2D eigenvalue weighted by molar-refractivity contribution is 6.35. The van der Waals surface area contributed by atoms with Crippen molar-refractivity contribution in [1.82, 2.24) is 0 Å². The Morgan fingerprint density at radius 2 is 1.54 bits per heavy atom. The molecule has 142 valence electrons. The molecule has 0 aromatic heterocycles. The van der Waals surface area contributed by atoms with E-state index in [1.54, 1.807) is 24.3 Å². The highest BCUT2D eigenvalue weighted by Gasteiger charge is 2.20. The topological polar surface area (TPSA) is 55.4 Å². The third kappa shape index (κ3) is 4.91. The van der Waals surface area contributed by atoms with E-state index in [2.05, 4.69) is 5.32 Å². The van der Waals surface area contributed by atoms with Gasteiger partial charge < -0.3 is 10.1 Å². The molecule has 1 amide bonds. The Bertz CT molecular complexity index is 988. The Morgan fingerprint density at radius 3 is 2.21 bits per heavy atom. The minimum atomic E-state index is -1.00. The number of rotatable bonds is 5. The summed E-state index contributed by atoms with van der Waals surface area (Å²) in [7, 11) is 0. The fourth-order valence-electron chi connectivity index (χ4n) is 2.54. The molecule has 0 aliphatic heterocycles. The Balaban J connectivity index is 1.63. The van der Waals surface area contributed by atoms with Gasteiger partial charge in [0.15, 0.2) is 6.10 Å². The molecule has 4 nitrogen and oxygen atoms in total. The van der Waals surface area contributed by atoms with Crippen LogP contribution in [0.25, 0.3) is 11.1 Å². The number of amides is 1. The number of halogens is 2. The van der Waals surface area contributed by atoms with Crippen LogP contribution in [0.4, 0.5) is 5.69 Å². The highest BCUT2D eigenvalue weighted by Crippen LogP contribution is 2.25. The van der Waals surface area contributed by atoms with Gasteiger partial charge in [-0.2, -0.15) is 0 Å². The molecule has 1 N–H and O–H groups in total. The molecule has 28 heavy (non-hydrogen) atoms. The predicted molar refractivity (Wildman–Crippen MR) is 112 cm³/mol. The number of nitrogens with one attached hydrogen (secondary N) is 1. The van der Waals surface area contributed by atoms with Gasteiger partial charge in [-0.15, -0.1) is 0 Å². The Morgan fingerprint density at radius 1 is 0.893 bits per heavy atom. The van der Waals surface area contributed by atoms with Crippen LogP contribution >= 0.6 is 23.2 Å². The van der Waals surface area contributed by atoms with Gasteiger partial charge in [0, 0.05) is 5.02 Å². The number of benzene rings is 3. The van der Waals surface area contributed by atoms with Crippen molar-refractivity contribution in [2.75, 3.05) is 5.32 Å². The maximum absolute atomic E-state index is 12.3. The molecule has 0 bridgehead atoms. The molecule has 0 saturated carbocycles. The number of hydrogen-bond donors (Lipinski definition) is 1. The summed E-state index contributed by atoms with van der Waals surface area (Å²) < 4.78 is 5.26. The molecule has 3 aromatic carbocycles. The summed E-state index contributed by atoms with van der Waals surface area (Å²) in [6.45, 7) is 1.49. The quantitative estimate of drug-likeness (QED) is 0.534. The summed E-state index contributed by atoms with van der Waals surface area (Å²) >= 11 is 11.9. The zero-order chi connectivity index (χ0) is 20.1. The van der Waals surface area contributed by atoms with Crippen molar-refractivity contribution >= 4 is 40.8 Å². The average Bonchev–Trinajstić information content (AvgIpc) is 2.71. The van der Waals surface area contributed by atoms with Gasteiger partial charge in [-0.3, -0.25) is 4.79 Å². The van der Waals surface area contributed by atoms with Gasteiger partial charge in [-0.25, -0.2) is 4.79 Å². The van der Waals surface area contributed by atoms with Gasteiger partial charge in [0.1, 0.15) is 0 Å². The maximum atomic E-state index is 12.3. The Kier molecular flexibility index (Phi) is 6.34. The molecule has 3 aromatic rings. The molecule has 3 rings (SSSR count). The Hall–Kier alpha value is -2.82. The van der Waals surface area contributed by atoms with Crippen LogP contribution in [0.15, 0.2) is 72.8 Å². The predicted octanol–water partition coefficient (Wildman–Crippen LogP) is 5.84. The molecule has 0 saturated heterocycles. The first kappa shape index (κ1) is 19.9. The molecule has 0 spiro atoms. The number of anilines is 1. The summed E-state index contributed by atoms with van der Waals surface area (Å²) in [6, 6.07) is 21.5. The first-order chi connectivity index (χ1) is 13.4. The van der Waals surface area contributed by atoms with Gasteiger partial charge >= 0.3 is 5.97 Å². The maximum Gasteiger partial charge on any atom is 0.338 e. The van der Waals surface area contributed by atoms with Crippen LogP contribution in [-0.2, 0) is 9.53 Å². The van der Waals surface area contributed by atoms with E-state index in [4.69, 9.17) is 27.9 Å². The molecular formula is C22H17Cl2NO3. The molecular weight excluding hydrogens is 397 g/mol. The lowest BCUT2D eigenvalue weighted by molar-refractivity contribution is -0.123. The molecule has 0 aliphatic rings. The van der Waals surface area contributed by atoms with Crippen molar-refractivity contribution in [1.29, 1.82) is 0 Å². The molecule has 0 radical (unpaired) electrons. The first-order valence-corrected chi connectivity index (χ1v) is 9.32. The minimum Gasteiger partial charge on any atom is -0.449 e. The van der Waals surface area contributed by atoms with E-state index < -0.39 is 18.0 Å². The zero-order valence-electron chi connectivity index (χ0n) is 15.0. The van der Waals surface area contributed by atoms with Crippen molar-refractivity contribution in [3.05, 3.63) is 88.4 Å². The van der Waals surface area contributed by atoms with Crippen molar-refractivity contribution in [2.45, 2.75) is 13.0 Å². The van der Waals surface area contributed by atoms with E-state index >= 15 is 0 Å². The second-order valence-corrected chi connectivity index (χ2v) is 6.95. The van der Waals surface area contributed by atoms with Crippen LogP contribution < -0.4 is 5.32 Å². The summed E-state index contributed by atoms with van der Waals surface area (Å²) in [5.74, 6) is -1.09. The minimum absolute atomic E-state index is 0.341. The van der Waals surface area contributed by atoms with E-state index in [-0.39, 0.29) is 0 Å². The number of carbonyl (C=O) groups is 2. The van der Waals surface area contributed by atoms with E-state index in [9.17, 15) is 9.59 Å². The highest BCUT2D eigenvalue weighted by atomic mass is 35.5. The van der Waals surface area contributed by atoms with Crippen molar-refractivity contribution in [2.24, 2.45) is 0 Å². The smallest absolute Gasteiger partial charge is 0.338 e. The lowest BCUT2D eigenvalue weighted by Gasteiger charge is -2.14. The summed E-state index contributed by atoms with van der Waals surface area (Å²) in [4.78, 5) is 24.6. The van der Waals surface area contributed by atoms with E-state index in [1.165, 1.54) is 13.0 Å². The zero-order valence-corrected chi connectivity index (χ0v) is 16.5. The first-order valence-electron chi connectivity index (χ1n) is 8.56. The summed E-state index contributed by atoms with van der Waals surface area (Å²) in [5, 5.41) is 3.38. The van der Waals surface area contributed by atoms with Crippen LogP contribution in [-0.4, -0.2) is 18.0 Å². The van der Waals surface area contributed by atoms with Crippen molar-refractivity contribution in [3.8, 4) is 11.1 Å². The van der Waals surface area contributed by atoms with Gasteiger partial charge in [0.25, 0.3) is 5.91 Å². The second-order valence-electron chi connectivity index (χ2n) is 6.10. The average molecular weight is 414 g/mol. The molecule has 6 heteroatoms. The molecule has 1 atom stereocenters. The van der Waals surface area contributed by atoms with Crippen LogP contribution in [0.3, 0.4) is 0 Å². The normalized spacial score (nSPS) is 11.5. The van der Waals surface area contributed by atoms with Crippen LogP contribution in [0.5, 0.6) is 0 Å². The van der Waals surface area contributed by atoms with Crippen LogP contribution in [0.1, 0.15) is 17.3 Å². The molecule has 0 fully saturated rings. The monoisotopic (exact) mass is 413 g/mol. The third-order valence-electron chi connectivity index (χ3n) is 4.07. The molecule has 0 unspecified atom stereocenters. The van der Waals surface area contributed by atoms with Crippen molar-refractivity contribution < 1.29 is 14.3 Å². The van der Waals surface area contributed by atoms with E-state index in [0.717, 1.165) is 11.1 Å². The van der Waals surface area contributed by atoms with Gasteiger partial charge in [0.2, 0.25) is 0 Å². The number of ether oxygens (including phenoxy) is 1. The van der Waals surface area contributed by atoms with E-state index in [1.807, 2.05) is 42.5 Å². The van der Waals surface area contributed by atoms with Crippen LogP contribution in [0, 0.1) is 0 Å². The largest absolute Gasteiger partial charge is 0.449 e.